The van der Waals surface area contributed by atoms with E-state index in [0.29, 0.717) is 0 Å². The highest BCUT2D eigenvalue weighted by Crippen LogP contribution is 2.28. The van der Waals surface area contributed by atoms with Crippen LogP contribution in [0.25, 0.3) is 0 Å². The first-order chi connectivity index (χ1) is 6.17. The molecule has 1 heterocycles. The van der Waals surface area contributed by atoms with Crippen molar-refractivity contribution >= 4 is 12.6 Å². The van der Waals surface area contributed by atoms with Crippen molar-refractivity contribution in [2.75, 3.05) is 13.1 Å². The van der Waals surface area contributed by atoms with Gasteiger partial charge < -0.3 is 5.32 Å². The van der Waals surface area contributed by atoms with Gasteiger partial charge in [-0.3, -0.25) is 0 Å². The maximum atomic E-state index is 4.59. The third kappa shape index (κ3) is 2.06. The summed E-state index contributed by atoms with van der Waals surface area (Å²) in [6.07, 6.45) is 9.84. The molecular formula is C11H15NS. The number of rotatable bonds is 0. The molecule has 0 bridgehead atoms. The van der Waals surface area contributed by atoms with Gasteiger partial charge in [-0.15, -0.1) is 0 Å². The Morgan fingerprint density at radius 2 is 2.31 bits per heavy atom. The highest BCUT2D eigenvalue weighted by Gasteiger charge is 2.18. The van der Waals surface area contributed by atoms with Crippen LogP contribution in [0, 0.1) is 0 Å². The Balaban J connectivity index is 2.34. The highest BCUT2D eigenvalue weighted by molar-refractivity contribution is 7.82. The number of hydrogen-bond donors (Lipinski definition) is 2. The minimum Gasteiger partial charge on any atom is -0.312 e. The van der Waals surface area contributed by atoms with Gasteiger partial charge in [0.25, 0.3) is 0 Å². The van der Waals surface area contributed by atoms with E-state index >= 15 is 0 Å². The van der Waals surface area contributed by atoms with Crippen LogP contribution in [0.2, 0.25) is 0 Å². The highest BCUT2D eigenvalue weighted by atomic mass is 32.1. The summed E-state index contributed by atoms with van der Waals surface area (Å²) in [5.41, 5.74) is 2.88. The zero-order chi connectivity index (χ0) is 9.31. The molecule has 0 aromatic rings. The monoisotopic (exact) mass is 193 g/mol. The van der Waals surface area contributed by atoms with Gasteiger partial charge in [-0.2, -0.15) is 12.6 Å². The molecule has 0 amide bonds. The van der Waals surface area contributed by atoms with Crippen LogP contribution >= 0.6 is 12.6 Å². The summed E-state index contributed by atoms with van der Waals surface area (Å²) in [5.74, 6) is 0. The summed E-state index contributed by atoms with van der Waals surface area (Å²) in [6.45, 7) is 4.21. The molecule has 70 valence electrons. The number of hydrogen-bond acceptors (Lipinski definition) is 2. The predicted octanol–water partition coefficient (Wildman–Crippen LogP) is 2.09. The Morgan fingerprint density at radius 1 is 1.46 bits per heavy atom. The average molecular weight is 193 g/mol. The van der Waals surface area contributed by atoms with Crippen molar-refractivity contribution in [1.29, 1.82) is 0 Å². The van der Waals surface area contributed by atoms with Crippen LogP contribution in [0.3, 0.4) is 0 Å². The maximum Gasteiger partial charge on any atom is 0.0469 e. The second-order valence-corrected chi connectivity index (χ2v) is 4.84. The van der Waals surface area contributed by atoms with Gasteiger partial charge in [0.1, 0.15) is 0 Å². The number of fused-ring (bicyclic) bond motifs is 1. The molecule has 2 heteroatoms. The topological polar surface area (TPSA) is 12.0 Å². The quantitative estimate of drug-likeness (QED) is 0.561. The molecule has 0 aromatic carbocycles. The van der Waals surface area contributed by atoms with Gasteiger partial charge in [0.15, 0.2) is 0 Å². The van der Waals surface area contributed by atoms with Crippen molar-refractivity contribution in [2.24, 2.45) is 0 Å². The van der Waals surface area contributed by atoms with Crippen molar-refractivity contribution in [3.63, 3.8) is 0 Å². The van der Waals surface area contributed by atoms with E-state index in [2.05, 4.69) is 49.2 Å². The lowest BCUT2D eigenvalue weighted by Crippen LogP contribution is -2.26. The molecule has 1 aliphatic carbocycles. The molecule has 0 spiro atoms. The van der Waals surface area contributed by atoms with E-state index < -0.39 is 0 Å². The van der Waals surface area contributed by atoms with Crippen LogP contribution in [-0.2, 0) is 0 Å². The van der Waals surface area contributed by atoms with Gasteiger partial charge in [0.05, 0.1) is 0 Å². The molecule has 1 fully saturated rings. The number of thiol groups is 1. The van der Waals surface area contributed by atoms with Crippen molar-refractivity contribution in [2.45, 2.75) is 18.1 Å². The van der Waals surface area contributed by atoms with Crippen molar-refractivity contribution in [1.82, 2.24) is 5.32 Å². The van der Waals surface area contributed by atoms with E-state index in [4.69, 9.17) is 0 Å². The maximum absolute atomic E-state index is 4.59. The molecule has 0 aromatic heterocycles. The zero-order valence-corrected chi connectivity index (χ0v) is 8.77. The molecule has 13 heavy (non-hydrogen) atoms. The normalized spacial score (nSPS) is 33.1. The fourth-order valence-corrected chi connectivity index (χ4v) is 2.05. The summed E-state index contributed by atoms with van der Waals surface area (Å²) in [6, 6.07) is 0. The fourth-order valence-electron chi connectivity index (χ4n) is 1.81. The second-order valence-electron chi connectivity index (χ2n) is 3.87. The van der Waals surface area contributed by atoms with Crippen LogP contribution in [-0.4, -0.2) is 17.8 Å². The molecule has 0 saturated carbocycles. The van der Waals surface area contributed by atoms with E-state index in [-0.39, 0.29) is 4.75 Å². The third-order valence-corrected chi connectivity index (χ3v) is 2.77. The first kappa shape index (κ1) is 9.10. The number of piperidine rings is 1. The van der Waals surface area contributed by atoms with Gasteiger partial charge >= 0.3 is 0 Å². The molecule has 1 aliphatic heterocycles. The summed E-state index contributed by atoms with van der Waals surface area (Å²) < 4.78 is -0.0784. The van der Waals surface area contributed by atoms with Gasteiger partial charge in [-0.1, -0.05) is 24.3 Å². The molecule has 1 saturated heterocycles. The Hall–Kier alpha value is -0.470. The summed E-state index contributed by atoms with van der Waals surface area (Å²) in [4.78, 5) is 0. The van der Waals surface area contributed by atoms with Gasteiger partial charge in [0, 0.05) is 11.3 Å². The molecule has 1 nitrogen and oxygen atoms in total. The standard InChI is InChI=1S/C11H15NS/c1-11(13)5-2-3-10-8-12-6-4-9(10)7-11/h2-3,5,7,12-13H,4,6,8H2,1H3. The summed E-state index contributed by atoms with van der Waals surface area (Å²) in [5, 5.41) is 3.37. The largest absolute Gasteiger partial charge is 0.312 e. The van der Waals surface area contributed by atoms with Crippen molar-refractivity contribution in [3.05, 3.63) is 35.5 Å². The van der Waals surface area contributed by atoms with E-state index in [1.807, 2.05) is 0 Å². The van der Waals surface area contributed by atoms with E-state index in [1.54, 1.807) is 0 Å². The Bertz CT molecular complexity index is 297. The van der Waals surface area contributed by atoms with E-state index in [0.717, 1.165) is 19.5 Å². The molecule has 2 aliphatic rings. The zero-order valence-electron chi connectivity index (χ0n) is 7.88. The number of allylic oxidation sites excluding steroid dienone is 2. The Labute approximate surface area is 85.0 Å². The molecular weight excluding hydrogens is 178 g/mol. The van der Waals surface area contributed by atoms with Crippen LogP contribution in [0.5, 0.6) is 0 Å². The van der Waals surface area contributed by atoms with Crippen LogP contribution in [0.15, 0.2) is 35.5 Å². The van der Waals surface area contributed by atoms with Crippen molar-refractivity contribution in [3.8, 4) is 0 Å². The first-order valence-corrected chi connectivity index (χ1v) is 5.16. The van der Waals surface area contributed by atoms with Crippen molar-refractivity contribution < 1.29 is 0 Å². The third-order valence-electron chi connectivity index (χ3n) is 2.50. The lowest BCUT2D eigenvalue weighted by Gasteiger charge is -2.21. The molecule has 2 rings (SSSR count). The molecule has 0 radical (unpaired) electrons. The first-order valence-electron chi connectivity index (χ1n) is 4.71. The molecule has 1 atom stereocenters. The predicted molar refractivity (Wildman–Crippen MR) is 60.2 cm³/mol. The lowest BCUT2D eigenvalue weighted by molar-refractivity contribution is 0.680. The minimum atomic E-state index is -0.0784. The SMILES string of the molecule is CC1(S)C=CC=C2CNCCC2=C1. The van der Waals surface area contributed by atoms with Gasteiger partial charge in [0.2, 0.25) is 0 Å². The number of nitrogens with one attached hydrogen (secondary N) is 1. The van der Waals surface area contributed by atoms with Gasteiger partial charge in [-0.05, 0) is 31.0 Å². The lowest BCUT2D eigenvalue weighted by atomic mass is 9.97. The molecule has 1 unspecified atom stereocenters. The fraction of sp³-hybridized carbons (Fsp3) is 0.455. The summed E-state index contributed by atoms with van der Waals surface area (Å²) in [7, 11) is 0. The summed E-state index contributed by atoms with van der Waals surface area (Å²) >= 11 is 4.59. The average Bonchev–Trinajstić information content (AvgIpc) is 2.21. The van der Waals surface area contributed by atoms with Crippen LogP contribution in [0.1, 0.15) is 13.3 Å². The molecule has 1 N–H and O–H groups in total. The van der Waals surface area contributed by atoms with Crippen LogP contribution in [0.4, 0.5) is 0 Å². The van der Waals surface area contributed by atoms with E-state index in [1.165, 1.54) is 11.1 Å². The Kier molecular flexibility index (Phi) is 2.35. The smallest absolute Gasteiger partial charge is 0.0469 e. The Morgan fingerprint density at radius 3 is 3.15 bits per heavy atom. The van der Waals surface area contributed by atoms with Gasteiger partial charge in [-0.25, -0.2) is 0 Å². The second kappa shape index (κ2) is 3.35. The van der Waals surface area contributed by atoms with E-state index in [9.17, 15) is 0 Å². The minimum absolute atomic E-state index is 0.0784. The van der Waals surface area contributed by atoms with Crippen LogP contribution < -0.4 is 5.32 Å².